The summed E-state index contributed by atoms with van der Waals surface area (Å²) in [6, 6.07) is 5.47. The molecule has 0 aromatic heterocycles. The number of rotatable bonds is 4. The highest BCUT2D eigenvalue weighted by molar-refractivity contribution is 8.00. The van der Waals surface area contributed by atoms with Crippen molar-refractivity contribution in [1.29, 1.82) is 0 Å². The maximum atomic E-state index is 11.6. The highest BCUT2D eigenvalue weighted by Crippen LogP contribution is 2.44. The second-order valence-corrected chi connectivity index (χ2v) is 6.41. The average molecular weight is 278 g/mol. The van der Waals surface area contributed by atoms with E-state index in [0.717, 1.165) is 36.4 Å². The Labute approximate surface area is 117 Å². The van der Waals surface area contributed by atoms with E-state index < -0.39 is 0 Å². The minimum absolute atomic E-state index is 0.209. The fourth-order valence-corrected chi connectivity index (χ4v) is 3.65. The molecule has 1 aromatic rings. The molecule has 0 bridgehead atoms. The molecular formula is C14H18N2O2S. The van der Waals surface area contributed by atoms with Crippen LogP contribution < -0.4 is 10.2 Å². The number of carbonyl (C=O) groups excluding carboxylic acids is 1. The molecule has 5 heteroatoms. The number of hydrogen-bond acceptors (Lipinski definition) is 4. The second kappa shape index (κ2) is 4.96. The van der Waals surface area contributed by atoms with Crippen LogP contribution in [0.4, 0.5) is 5.69 Å². The maximum absolute atomic E-state index is 11.6. The Hall–Kier alpha value is -1.36. The molecular weight excluding hydrogens is 260 g/mol. The van der Waals surface area contributed by atoms with Crippen LogP contribution >= 0.6 is 11.8 Å². The van der Waals surface area contributed by atoms with Gasteiger partial charge in [-0.25, -0.2) is 0 Å². The molecule has 1 fully saturated rings. The highest BCUT2D eigenvalue weighted by atomic mass is 32.2. The highest BCUT2D eigenvalue weighted by Gasteiger charge is 2.30. The number of phenolic OH excluding ortho intramolecular Hbond substituents is 1. The Balaban J connectivity index is 1.54. The molecule has 2 N–H and O–H groups in total. The number of nitrogens with zero attached hydrogens (tertiary/aromatic N) is 1. The zero-order chi connectivity index (χ0) is 13.4. The number of phenols is 1. The van der Waals surface area contributed by atoms with Gasteiger partial charge in [0.15, 0.2) is 0 Å². The number of thioether (sulfide) groups is 1. The van der Waals surface area contributed by atoms with Crippen molar-refractivity contribution in [2.24, 2.45) is 5.92 Å². The number of aromatic hydroxyl groups is 1. The molecule has 0 spiro atoms. The smallest absolute Gasteiger partial charge is 0.223 e. The molecule has 0 saturated heterocycles. The fourth-order valence-electron chi connectivity index (χ4n) is 2.33. The van der Waals surface area contributed by atoms with Gasteiger partial charge in [-0.05, 0) is 37.5 Å². The lowest BCUT2D eigenvalue weighted by atomic mass is 10.2. The SMILES string of the molecule is CN1c2ccc(O)cc2SC1CCNC(=O)C1CC1. The third kappa shape index (κ3) is 2.66. The van der Waals surface area contributed by atoms with Crippen molar-refractivity contribution in [2.75, 3.05) is 18.5 Å². The Bertz CT molecular complexity index is 502. The lowest BCUT2D eigenvalue weighted by Crippen LogP contribution is -2.32. The molecule has 1 unspecified atom stereocenters. The monoisotopic (exact) mass is 278 g/mol. The Morgan fingerprint density at radius 1 is 1.53 bits per heavy atom. The summed E-state index contributed by atoms with van der Waals surface area (Å²) >= 11 is 1.75. The molecule has 1 aromatic carbocycles. The Kier molecular flexibility index (Phi) is 3.31. The zero-order valence-electron chi connectivity index (χ0n) is 10.9. The van der Waals surface area contributed by atoms with Crippen molar-refractivity contribution in [3.8, 4) is 5.75 Å². The Morgan fingerprint density at radius 2 is 2.32 bits per heavy atom. The molecule has 0 radical (unpaired) electrons. The standard InChI is InChI=1S/C14H18N2O2S/c1-16-11-5-4-10(17)8-12(11)19-13(16)6-7-15-14(18)9-2-3-9/h4-5,8-9,13,17H,2-3,6-7H2,1H3,(H,15,18). The van der Waals surface area contributed by atoms with Gasteiger partial charge in [-0.3, -0.25) is 4.79 Å². The first kappa shape index (κ1) is 12.7. The third-order valence-corrected chi connectivity index (χ3v) is 5.06. The van der Waals surface area contributed by atoms with Crippen LogP contribution in [0.1, 0.15) is 19.3 Å². The van der Waals surface area contributed by atoms with Gasteiger partial charge < -0.3 is 15.3 Å². The molecule has 102 valence electrons. The molecule has 1 heterocycles. The molecule has 3 rings (SSSR count). The van der Waals surface area contributed by atoms with Crippen molar-refractivity contribution < 1.29 is 9.90 Å². The number of amides is 1. The lowest BCUT2D eigenvalue weighted by molar-refractivity contribution is -0.122. The number of fused-ring (bicyclic) bond motifs is 1. The van der Waals surface area contributed by atoms with Gasteiger partial charge >= 0.3 is 0 Å². The summed E-state index contributed by atoms with van der Waals surface area (Å²) in [6.07, 6.45) is 3.01. The van der Waals surface area contributed by atoms with Crippen molar-refractivity contribution in [1.82, 2.24) is 5.32 Å². The van der Waals surface area contributed by atoms with Crippen molar-refractivity contribution >= 4 is 23.4 Å². The molecule has 1 saturated carbocycles. The van der Waals surface area contributed by atoms with Gasteiger partial charge in [-0.2, -0.15) is 0 Å². The summed E-state index contributed by atoms with van der Waals surface area (Å²) in [5, 5.41) is 12.8. The fraction of sp³-hybridized carbons (Fsp3) is 0.500. The van der Waals surface area contributed by atoms with Crippen LogP contribution in [0.25, 0.3) is 0 Å². The predicted octanol–water partition coefficient (Wildman–Crippen LogP) is 2.18. The molecule has 1 aliphatic carbocycles. The van der Waals surface area contributed by atoms with Crippen LogP contribution in [0.15, 0.2) is 23.1 Å². The summed E-state index contributed by atoms with van der Waals surface area (Å²) in [5.41, 5.74) is 1.15. The summed E-state index contributed by atoms with van der Waals surface area (Å²) in [7, 11) is 2.06. The molecule has 4 nitrogen and oxygen atoms in total. The topological polar surface area (TPSA) is 52.6 Å². The van der Waals surface area contributed by atoms with Crippen LogP contribution in [0, 0.1) is 5.92 Å². The molecule has 19 heavy (non-hydrogen) atoms. The number of hydrogen-bond donors (Lipinski definition) is 2. The first-order valence-corrected chi connectivity index (χ1v) is 7.53. The number of nitrogens with one attached hydrogen (secondary N) is 1. The van der Waals surface area contributed by atoms with Crippen molar-refractivity contribution in [3.05, 3.63) is 18.2 Å². The minimum Gasteiger partial charge on any atom is -0.508 e. The van der Waals surface area contributed by atoms with Crippen LogP contribution in [0.2, 0.25) is 0 Å². The van der Waals surface area contributed by atoms with E-state index in [1.165, 1.54) is 0 Å². The maximum Gasteiger partial charge on any atom is 0.223 e. The van der Waals surface area contributed by atoms with Gasteiger partial charge in [0.1, 0.15) is 5.75 Å². The van der Waals surface area contributed by atoms with E-state index in [-0.39, 0.29) is 11.8 Å². The number of anilines is 1. The van der Waals surface area contributed by atoms with Gasteiger partial charge in [0.05, 0.1) is 11.1 Å². The summed E-state index contributed by atoms with van der Waals surface area (Å²) in [6.45, 7) is 0.720. The zero-order valence-corrected chi connectivity index (χ0v) is 11.7. The van der Waals surface area contributed by atoms with Crippen LogP contribution in [-0.2, 0) is 4.79 Å². The minimum atomic E-state index is 0.209. The average Bonchev–Trinajstić information content (AvgIpc) is 3.17. The van der Waals surface area contributed by atoms with E-state index >= 15 is 0 Å². The number of benzene rings is 1. The van der Waals surface area contributed by atoms with E-state index in [1.807, 2.05) is 6.07 Å². The molecule has 1 aliphatic heterocycles. The Morgan fingerprint density at radius 3 is 3.05 bits per heavy atom. The van der Waals surface area contributed by atoms with Crippen LogP contribution in [-0.4, -0.2) is 30.0 Å². The van der Waals surface area contributed by atoms with Gasteiger partial charge in [0.25, 0.3) is 0 Å². The first-order valence-electron chi connectivity index (χ1n) is 6.65. The second-order valence-electron chi connectivity index (χ2n) is 5.19. The quantitative estimate of drug-likeness (QED) is 0.886. The predicted molar refractivity (Wildman–Crippen MR) is 76.5 cm³/mol. The van der Waals surface area contributed by atoms with Gasteiger partial charge in [0, 0.05) is 24.4 Å². The normalized spacial score (nSPS) is 21.3. The molecule has 2 aliphatic rings. The molecule has 1 amide bonds. The van der Waals surface area contributed by atoms with E-state index in [2.05, 4.69) is 17.3 Å². The lowest BCUT2D eigenvalue weighted by Gasteiger charge is -2.21. The largest absolute Gasteiger partial charge is 0.508 e. The van der Waals surface area contributed by atoms with Crippen molar-refractivity contribution in [3.63, 3.8) is 0 Å². The van der Waals surface area contributed by atoms with Crippen LogP contribution in [0.5, 0.6) is 5.75 Å². The van der Waals surface area contributed by atoms with Crippen molar-refractivity contribution in [2.45, 2.75) is 29.5 Å². The van der Waals surface area contributed by atoms with Gasteiger partial charge in [-0.15, -0.1) is 0 Å². The van der Waals surface area contributed by atoms with E-state index in [0.29, 0.717) is 11.1 Å². The third-order valence-electron chi connectivity index (χ3n) is 3.66. The van der Waals surface area contributed by atoms with E-state index in [9.17, 15) is 9.90 Å². The van der Waals surface area contributed by atoms with Crippen LogP contribution in [0.3, 0.4) is 0 Å². The summed E-state index contributed by atoms with van der Waals surface area (Å²) < 4.78 is 0. The number of carbonyl (C=O) groups is 1. The van der Waals surface area contributed by atoms with Gasteiger partial charge in [0.2, 0.25) is 5.91 Å². The summed E-state index contributed by atoms with van der Waals surface area (Å²) in [5.74, 6) is 0.797. The van der Waals surface area contributed by atoms with E-state index in [4.69, 9.17) is 0 Å². The molecule has 1 atom stereocenters. The summed E-state index contributed by atoms with van der Waals surface area (Å²) in [4.78, 5) is 14.9. The van der Waals surface area contributed by atoms with Gasteiger partial charge in [-0.1, -0.05) is 11.8 Å². The first-order chi connectivity index (χ1) is 9.15. The van der Waals surface area contributed by atoms with E-state index in [1.54, 1.807) is 23.9 Å².